The number of nitrogens with one attached hydrogen (secondary N) is 3. The number of likely N-dealkylation sites (N-methyl/N-ethyl adjacent to an activating group) is 1. The fourth-order valence-corrected chi connectivity index (χ4v) is 2.37. The minimum absolute atomic E-state index is 0.0668. The van der Waals surface area contributed by atoms with Gasteiger partial charge in [0.2, 0.25) is 5.91 Å². The van der Waals surface area contributed by atoms with Gasteiger partial charge in [-0.1, -0.05) is 0 Å². The van der Waals surface area contributed by atoms with Crippen molar-refractivity contribution in [1.82, 2.24) is 25.8 Å². The second-order valence-electron chi connectivity index (χ2n) is 6.61. The summed E-state index contributed by atoms with van der Waals surface area (Å²) in [6, 6.07) is 0. The van der Waals surface area contributed by atoms with Crippen molar-refractivity contribution in [2.24, 2.45) is 11.5 Å². The van der Waals surface area contributed by atoms with Crippen LogP contribution < -0.4 is 27.4 Å². The van der Waals surface area contributed by atoms with E-state index < -0.39 is 0 Å². The van der Waals surface area contributed by atoms with Crippen LogP contribution in [-0.2, 0) is 4.79 Å². The Labute approximate surface area is 154 Å². The lowest BCUT2D eigenvalue weighted by atomic mass is 10.3. The Kier molecular flexibility index (Phi) is 17.5. The molecule has 0 aliphatic heterocycles. The molecule has 0 bridgehead atoms. The molecule has 7 N–H and O–H groups in total. The van der Waals surface area contributed by atoms with Gasteiger partial charge < -0.3 is 32.3 Å². The van der Waals surface area contributed by atoms with Crippen LogP contribution in [0.5, 0.6) is 0 Å². The molecule has 8 heteroatoms. The highest BCUT2D eigenvalue weighted by atomic mass is 16.2. The SMILES string of the molecule is CN(C)CC(=O)NCN(CCCNCCCN)CCCNCCCN. The van der Waals surface area contributed by atoms with Crippen molar-refractivity contribution in [3.05, 3.63) is 0 Å². The molecule has 0 atom stereocenters. The molecule has 0 aromatic rings. The van der Waals surface area contributed by atoms with Gasteiger partial charge >= 0.3 is 0 Å². The predicted octanol–water partition coefficient (Wildman–Crippen LogP) is -1.42. The molecule has 0 fully saturated rings. The molecular weight excluding hydrogens is 318 g/mol. The summed E-state index contributed by atoms with van der Waals surface area (Å²) in [6.07, 6.45) is 4.15. The lowest BCUT2D eigenvalue weighted by Crippen LogP contribution is -2.42. The Morgan fingerprint density at radius 1 is 0.840 bits per heavy atom. The summed E-state index contributed by atoms with van der Waals surface area (Å²) in [7, 11) is 3.80. The molecule has 150 valence electrons. The molecule has 0 aromatic carbocycles. The first kappa shape index (κ1) is 24.2. The number of nitrogens with two attached hydrogens (primary N) is 2. The van der Waals surface area contributed by atoms with Gasteiger partial charge in [0.15, 0.2) is 0 Å². The number of hydrogen-bond donors (Lipinski definition) is 5. The number of carbonyl (C=O) groups is 1. The van der Waals surface area contributed by atoms with E-state index in [0.717, 1.165) is 78.0 Å². The average Bonchev–Trinajstić information content (AvgIpc) is 2.57. The van der Waals surface area contributed by atoms with E-state index in [2.05, 4.69) is 20.9 Å². The van der Waals surface area contributed by atoms with Crippen LogP contribution in [0.4, 0.5) is 0 Å². The third-order valence-electron chi connectivity index (χ3n) is 3.73. The first-order valence-corrected chi connectivity index (χ1v) is 9.55. The molecule has 25 heavy (non-hydrogen) atoms. The fraction of sp³-hybridized carbons (Fsp3) is 0.941. The molecule has 0 unspecified atom stereocenters. The summed E-state index contributed by atoms with van der Waals surface area (Å²) in [6.45, 7) is 8.35. The van der Waals surface area contributed by atoms with Gasteiger partial charge in [-0.3, -0.25) is 9.69 Å². The van der Waals surface area contributed by atoms with E-state index in [1.807, 2.05) is 19.0 Å². The Morgan fingerprint density at radius 2 is 1.32 bits per heavy atom. The van der Waals surface area contributed by atoms with Gasteiger partial charge in [0.25, 0.3) is 0 Å². The van der Waals surface area contributed by atoms with E-state index in [1.165, 1.54) is 0 Å². The van der Waals surface area contributed by atoms with Gasteiger partial charge in [0.1, 0.15) is 0 Å². The zero-order valence-corrected chi connectivity index (χ0v) is 16.4. The topological polar surface area (TPSA) is 112 Å². The summed E-state index contributed by atoms with van der Waals surface area (Å²) in [4.78, 5) is 16.0. The Bertz CT molecular complexity index is 287. The largest absolute Gasteiger partial charge is 0.342 e. The van der Waals surface area contributed by atoms with Crippen molar-refractivity contribution in [3.8, 4) is 0 Å². The van der Waals surface area contributed by atoms with Crippen LogP contribution in [0.25, 0.3) is 0 Å². The minimum Gasteiger partial charge on any atom is -0.342 e. The van der Waals surface area contributed by atoms with Gasteiger partial charge in [0, 0.05) is 13.1 Å². The van der Waals surface area contributed by atoms with E-state index in [-0.39, 0.29) is 5.91 Å². The Morgan fingerprint density at radius 3 is 1.76 bits per heavy atom. The second-order valence-corrected chi connectivity index (χ2v) is 6.61. The van der Waals surface area contributed by atoms with E-state index in [1.54, 1.807) is 0 Å². The monoisotopic (exact) mass is 359 g/mol. The first-order chi connectivity index (χ1) is 12.1. The highest BCUT2D eigenvalue weighted by Crippen LogP contribution is 1.93. The van der Waals surface area contributed by atoms with Crippen LogP contribution in [0, 0.1) is 0 Å². The molecule has 1 amide bonds. The van der Waals surface area contributed by atoms with Crippen LogP contribution in [0.1, 0.15) is 25.7 Å². The number of amides is 1. The zero-order chi connectivity index (χ0) is 18.8. The molecular formula is C17H41N7O. The highest BCUT2D eigenvalue weighted by Gasteiger charge is 2.08. The van der Waals surface area contributed by atoms with Crippen molar-refractivity contribution in [2.45, 2.75) is 25.7 Å². The van der Waals surface area contributed by atoms with Crippen molar-refractivity contribution >= 4 is 5.91 Å². The minimum atomic E-state index is 0.0668. The predicted molar refractivity (Wildman–Crippen MR) is 105 cm³/mol. The van der Waals surface area contributed by atoms with Crippen LogP contribution in [-0.4, -0.2) is 95.4 Å². The van der Waals surface area contributed by atoms with Gasteiger partial charge in [0.05, 0.1) is 13.2 Å². The lowest BCUT2D eigenvalue weighted by molar-refractivity contribution is -0.122. The standard InChI is InChI=1S/C17H41N7O/c1-23(2)15-17(25)22-16-24(13-5-11-20-9-3-7-18)14-6-12-21-10-4-8-19/h20-21H,3-16,18-19H2,1-2H3,(H,22,25). The lowest BCUT2D eigenvalue weighted by Gasteiger charge is -2.23. The van der Waals surface area contributed by atoms with Crippen LogP contribution in [0.3, 0.4) is 0 Å². The highest BCUT2D eigenvalue weighted by molar-refractivity contribution is 5.77. The van der Waals surface area contributed by atoms with E-state index in [9.17, 15) is 4.79 Å². The van der Waals surface area contributed by atoms with Crippen LogP contribution in [0.15, 0.2) is 0 Å². The normalized spacial score (nSPS) is 11.4. The zero-order valence-electron chi connectivity index (χ0n) is 16.4. The summed E-state index contributed by atoms with van der Waals surface area (Å²) in [5.74, 6) is 0.0668. The third-order valence-corrected chi connectivity index (χ3v) is 3.73. The maximum absolute atomic E-state index is 11.8. The van der Waals surface area contributed by atoms with Crippen LogP contribution in [0.2, 0.25) is 0 Å². The summed E-state index contributed by atoms with van der Waals surface area (Å²) in [5.41, 5.74) is 11.0. The molecule has 0 spiro atoms. The Hall–Kier alpha value is -0.770. The van der Waals surface area contributed by atoms with Gasteiger partial charge in [-0.25, -0.2) is 0 Å². The Balaban J connectivity index is 3.97. The van der Waals surface area contributed by atoms with E-state index >= 15 is 0 Å². The van der Waals surface area contributed by atoms with Crippen LogP contribution >= 0.6 is 0 Å². The van der Waals surface area contributed by atoms with Crippen molar-refractivity contribution < 1.29 is 4.79 Å². The first-order valence-electron chi connectivity index (χ1n) is 9.55. The maximum atomic E-state index is 11.8. The molecule has 0 aliphatic rings. The molecule has 0 heterocycles. The molecule has 0 radical (unpaired) electrons. The number of rotatable bonds is 18. The van der Waals surface area contributed by atoms with Crippen molar-refractivity contribution in [1.29, 1.82) is 0 Å². The van der Waals surface area contributed by atoms with Gasteiger partial charge in [-0.05, 0) is 79.0 Å². The van der Waals surface area contributed by atoms with E-state index in [0.29, 0.717) is 13.2 Å². The van der Waals surface area contributed by atoms with Crippen molar-refractivity contribution in [2.75, 3.05) is 79.7 Å². The van der Waals surface area contributed by atoms with Crippen molar-refractivity contribution in [3.63, 3.8) is 0 Å². The number of hydrogen-bond acceptors (Lipinski definition) is 7. The molecule has 0 saturated carbocycles. The summed E-state index contributed by atoms with van der Waals surface area (Å²) in [5, 5.41) is 9.80. The summed E-state index contributed by atoms with van der Waals surface area (Å²) < 4.78 is 0. The molecule has 0 aliphatic carbocycles. The smallest absolute Gasteiger partial charge is 0.235 e. The van der Waals surface area contributed by atoms with E-state index in [4.69, 9.17) is 11.5 Å². The third kappa shape index (κ3) is 17.8. The maximum Gasteiger partial charge on any atom is 0.235 e. The summed E-state index contributed by atoms with van der Waals surface area (Å²) >= 11 is 0. The quantitative estimate of drug-likeness (QED) is 0.151. The fourth-order valence-electron chi connectivity index (χ4n) is 2.37. The molecule has 0 aromatic heterocycles. The molecule has 0 saturated heterocycles. The molecule has 8 nitrogen and oxygen atoms in total. The van der Waals surface area contributed by atoms with Gasteiger partial charge in [-0.15, -0.1) is 0 Å². The number of nitrogens with zero attached hydrogens (tertiary/aromatic N) is 2. The average molecular weight is 360 g/mol. The molecule has 0 rings (SSSR count). The second kappa shape index (κ2) is 18.0. The number of carbonyl (C=O) groups excluding carboxylic acids is 1. The van der Waals surface area contributed by atoms with Gasteiger partial charge in [-0.2, -0.15) is 0 Å².